The fraction of sp³-hybridized carbons (Fsp3) is 0.600. The van der Waals surface area contributed by atoms with Gasteiger partial charge in [0.2, 0.25) is 5.91 Å². The summed E-state index contributed by atoms with van der Waals surface area (Å²) < 4.78 is 5.27. The number of carboxylic acid groups (broad SMARTS) is 1. The Morgan fingerprint density at radius 2 is 2.05 bits per heavy atom. The van der Waals surface area contributed by atoms with Crippen LogP contribution in [0.2, 0.25) is 0 Å². The van der Waals surface area contributed by atoms with Crippen molar-refractivity contribution in [3.05, 3.63) is 24.2 Å². The molecule has 1 amide bonds. The highest BCUT2D eigenvalue weighted by atomic mass is 16.4. The van der Waals surface area contributed by atoms with E-state index in [-0.39, 0.29) is 5.91 Å². The number of carbonyl (C=O) groups excluding carboxylic acids is 1. The number of carbonyl (C=O) groups is 2. The summed E-state index contributed by atoms with van der Waals surface area (Å²) in [6.45, 7) is 2.87. The van der Waals surface area contributed by atoms with Gasteiger partial charge in [0, 0.05) is 6.54 Å². The molecule has 1 aliphatic rings. The van der Waals surface area contributed by atoms with Gasteiger partial charge < -0.3 is 14.4 Å². The van der Waals surface area contributed by atoms with Crippen molar-refractivity contribution in [1.82, 2.24) is 4.90 Å². The van der Waals surface area contributed by atoms with Crippen molar-refractivity contribution >= 4 is 11.9 Å². The average molecular weight is 279 g/mol. The second-order valence-electron chi connectivity index (χ2n) is 5.27. The average Bonchev–Trinajstić information content (AvgIpc) is 2.97. The zero-order valence-corrected chi connectivity index (χ0v) is 11.7. The SMILES string of the molecule is CCN(Cc1ccco1)C(=O)C1CCCCC1C(=O)O. The topological polar surface area (TPSA) is 70.8 Å². The Kier molecular flexibility index (Phi) is 4.82. The predicted molar refractivity (Wildman–Crippen MR) is 72.9 cm³/mol. The summed E-state index contributed by atoms with van der Waals surface area (Å²) in [5.74, 6) is -1.12. The van der Waals surface area contributed by atoms with Gasteiger partial charge in [-0.25, -0.2) is 0 Å². The zero-order valence-electron chi connectivity index (χ0n) is 11.7. The molecule has 2 atom stereocenters. The summed E-state index contributed by atoms with van der Waals surface area (Å²) in [4.78, 5) is 25.6. The number of nitrogens with zero attached hydrogens (tertiary/aromatic N) is 1. The van der Waals surface area contributed by atoms with E-state index >= 15 is 0 Å². The molecule has 0 bridgehead atoms. The van der Waals surface area contributed by atoms with Gasteiger partial charge in [-0.1, -0.05) is 12.8 Å². The van der Waals surface area contributed by atoms with E-state index in [1.807, 2.05) is 13.0 Å². The summed E-state index contributed by atoms with van der Waals surface area (Å²) in [5, 5.41) is 9.28. The summed E-state index contributed by atoms with van der Waals surface area (Å²) in [7, 11) is 0. The first-order chi connectivity index (χ1) is 9.63. The highest BCUT2D eigenvalue weighted by molar-refractivity contribution is 5.84. The normalized spacial score (nSPS) is 22.4. The van der Waals surface area contributed by atoms with Crippen molar-refractivity contribution in [2.75, 3.05) is 6.54 Å². The molecule has 1 heterocycles. The lowest BCUT2D eigenvalue weighted by molar-refractivity contribution is -0.152. The van der Waals surface area contributed by atoms with Gasteiger partial charge in [-0.05, 0) is 31.9 Å². The van der Waals surface area contributed by atoms with Crippen LogP contribution in [-0.4, -0.2) is 28.4 Å². The van der Waals surface area contributed by atoms with E-state index in [0.717, 1.165) is 18.6 Å². The fourth-order valence-electron chi connectivity index (χ4n) is 2.89. The predicted octanol–water partition coefficient (Wildman–Crippen LogP) is 2.52. The molecule has 5 nitrogen and oxygen atoms in total. The van der Waals surface area contributed by atoms with Crippen molar-refractivity contribution < 1.29 is 19.1 Å². The minimum Gasteiger partial charge on any atom is -0.481 e. The molecule has 20 heavy (non-hydrogen) atoms. The molecule has 1 aromatic rings. The largest absolute Gasteiger partial charge is 0.481 e. The van der Waals surface area contributed by atoms with Crippen molar-refractivity contribution in [3.63, 3.8) is 0 Å². The van der Waals surface area contributed by atoms with E-state index in [2.05, 4.69) is 0 Å². The Hall–Kier alpha value is -1.78. The van der Waals surface area contributed by atoms with Gasteiger partial charge in [0.25, 0.3) is 0 Å². The molecular weight excluding hydrogens is 258 g/mol. The Bertz CT molecular complexity index is 454. The van der Waals surface area contributed by atoms with Crippen LogP contribution in [-0.2, 0) is 16.1 Å². The van der Waals surface area contributed by atoms with Gasteiger partial charge in [0.1, 0.15) is 5.76 Å². The van der Waals surface area contributed by atoms with E-state index in [1.54, 1.807) is 17.2 Å². The van der Waals surface area contributed by atoms with Crippen molar-refractivity contribution in [1.29, 1.82) is 0 Å². The highest BCUT2D eigenvalue weighted by Crippen LogP contribution is 2.32. The summed E-state index contributed by atoms with van der Waals surface area (Å²) in [6.07, 6.45) is 4.67. The van der Waals surface area contributed by atoms with Crippen molar-refractivity contribution in [2.24, 2.45) is 11.8 Å². The molecule has 1 aromatic heterocycles. The van der Waals surface area contributed by atoms with Gasteiger partial charge in [0.15, 0.2) is 0 Å². The van der Waals surface area contributed by atoms with Gasteiger partial charge in [0.05, 0.1) is 24.6 Å². The number of aliphatic carboxylic acids is 1. The maximum Gasteiger partial charge on any atom is 0.307 e. The number of amides is 1. The molecule has 1 aliphatic carbocycles. The minimum absolute atomic E-state index is 0.0593. The molecular formula is C15H21NO4. The van der Waals surface area contributed by atoms with E-state index in [1.165, 1.54) is 0 Å². The van der Waals surface area contributed by atoms with Gasteiger partial charge in [-0.3, -0.25) is 9.59 Å². The molecule has 5 heteroatoms. The number of rotatable bonds is 5. The van der Waals surface area contributed by atoms with Crippen LogP contribution in [0.5, 0.6) is 0 Å². The Balaban J connectivity index is 2.08. The molecule has 0 radical (unpaired) electrons. The number of hydrogen-bond acceptors (Lipinski definition) is 3. The van der Waals surface area contributed by atoms with Gasteiger partial charge >= 0.3 is 5.97 Å². The van der Waals surface area contributed by atoms with Crippen LogP contribution in [0.4, 0.5) is 0 Å². The molecule has 1 N–H and O–H groups in total. The zero-order chi connectivity index (χ0) is 14.5. The van der Waals surface area contributed by atoms with Crippen LogP contribution in [0.15, 0.2) is 22.8 Å². The third-order valence-electron chi connectivity index (χ3n) is 4.02. The molecule has 0 aliphatic heterocycles. The highest BCUT2D eigenvalue weighted by Gasteiger charge is 2.37. The van der Waals surface area contributed by atoms with Crippen LogP contribution in [0.1, 0.15) is 38.4 Å². The summed E-state index contributed by atoms with van der Waals surface area (Å²) in [6, 6.07) is 3.61. The van der Waals surface area contributed by atoms with Crippen LogP contribution in [0, 0.1) is 11.8 Å². The first-order valence-electron chi connectivity index (χ1n) is 7.17. The molecule has 1 fully saturated rings. The van der Waals surface area contributed by atoms with Crippen LogP contribution in [0.25, 0.3) is 0 Å². The Morgan fingerprint density at radius 3 is 2.60 bits per heavy atom. The van der Waals surface area contributed by atoms with Gasteiger partial charge in [-0.15, -0.1) is 0 Å². The first-order valence-corrected chi connectivity index (χ1v) is 7.17. The molecule has 0 saturated heterocycles. The Labute approximate surface area is 118 Å². The van der Waals surface area contributed by atoms with Crippen LogP contribution < -0.4 is 0 Å². The minimum atomic E-state index is -0.850. The lowest BCUT2D eigenvalue weighted by Gasteiger charge is -2.32. The van der Waals surface area contributed by atoms with Crippen molar-refractivity contribution in [3.8, 4) is 0 Å². The van der Waals surface area contributed by atoms with E-state index in [0.29, 0.717) is 25.9 Å². The fourth-order valence-corrected chi connectivity index (χ4v) is 2.89. The molecule has 110 valence electrons. The van der Waals surface area contributed by atoms with Crippen LogP contribution in [0.3, 0.4) is 0 Å². The lowest BCUT2D eigenvalue weighted by Crippen LogP contribution is -2.42. The maximum atomic E-state index is 12.6. The van der Waals surface area contributed by atoms with Gasteiger partial charge in [-0.2, -0.15) is 0 Å². The molecule has 2 rings (SSSR count). The third-order valence-corrected chi connectivity index (χ3v) is 4.02. The van der Waals surface area contributed by atoms with E-state index in [4.69, 9.17) is 4.42 Å². The molecule has 2 unspecified atom stereocenters. The smallest absolute Gasteiger partial charge is 0.307 e. The second-order valence-corrected chi connectivity index (χ2v) is 5.27. The van der Waals surface area contributed by atoms with E-state index < -0.39 is 17.8 Å². The Morgan fingerprint density at radius 1 is 1.35 bits per heavy atom. The number of furan rings is 1. The molecule has 0 aromatic carbocycles. The first kappa shape index (κ1) is 14.6. The monoisotopic (exact) mass is 279 g/mol. The number of hydrogen-bond donors (Lipinski definition) is 1. The van der Waals surface area contributed by atoms with Crippen molar-refractivity contribution in [2.45, 2.75) is 39.2 Å². The second kappa shape index (κ2) is 6.59. The molecule has 0 spiro atoms. The van der Waals surface area contributed by atoms with Crippen LogP contribution >= 0.6 is 0 Å². The quantitative estimate of drug-likeness (QED) is 0.899. The maximum absolute atomic E-state index is 12.6. The molecule has 1 saturated carbocycles. The third kappa shape index (κ3) is 3.21. The van der Waals surface area contributed by atoms with E-state index in [9.17, 15) is 14.7 Å². The standard InChI is InChI=1S/C15H21NO4/c1-2-16(10-11-6-5-9-20-11)14(17)12-7-3-4-8-13(12)15(18)19/h5-6,9,12-13H,2-4,7-8,10H2,1H3,(H,18,19). The number of carboxylic acids is 1. The lowest BCUT2D eigenvalue weighted by atomic mass is 9.78. The summed E-state index contributed by atoms with van der Waals surface area (Å²) >= 11 is 0. The summed E-state index contributed by atoms with van der Waals surface area (Å²) in [5.41, 5.74) is 0.